The van der Waals surface area contributed by atoms with Gasteiger partial charge in [0.05, 0.1) is 11.0 Å². The summed E-state index contributed by atoms with van der Waals surface area (Å²) in [5, 5.41) is 13.0. The van der Waals surface area contributed by atoms with E-state index in [1.807, 2.05) is 30.9 Å². The predicted octanol–water partition coefficient (Wildman–Crippen LogP) is 10.4. The molecule has 1 N–H and O–H groups in total. The van der Waals surface area contributed by atoms with Crippen LogP contribution in [0.25, 0.3) is 71.4 Å². The molecule has 7 aromatic rings. The normalized spacial score (nSPS) is 14.4. The van der Waals surface area contributed by atoms with Gasteiger partial charge in [0.15, 0.2) is 0 Å². The van der Waals surface area contributed by atoms with E-state index in [0.717, 1.165) is 23.4 Å². The maximum Gasteiger partial charge on any atom is 0.0619 e. The number of rotatable bonds is 5. The van der Waals surface area contributed by atoms with Gasteiger partial charge in [-0.3, -0.25) is 4.98 Å². The topological polar surface area (TPSA) is 44.0 Å². The minimum Gasteiger partial charge on any atom is -0.686 e. The fourth-order valence-corrected chi connectivity index (χ4v) is 6.96. The predicted molar refractivity (Wildman–Crippen MR) is 196 cm³/mol. The molecule has 0 saturated heterocycles. The highest BCUT2D eigenvalue weighted by molar-refractivity contribution is 6.19. The summed E-state index contributed by atoms with van der Waals surface area (Å²) in [7, 11) is 0. The lowest BCUT2D eigenvalue weighted by Crippen LogP contribution is -2.10. The Bertz CT molecular complexity index is 2430. The molecule has 4 heterocycles. The van der Waals surface area contributed by atoms with Crippen LogP contribution in [0, 0.1) is 0 Å². The maximum atomic E-state index is 4.75. The van der Waals surface area contributed by atoms with E-state index in [9.17, 15) is 0 Å². The summed E-state index contributed by atoms with van der Waals surface area (Å²) in [5.74, 6) is 0. The van der Waals surface area contributed by atoms with Crippen molar-refractivity contribution >= 4 is 38.2 Å². The Morgan fingerprint density at radius 2 is 1.45 bits per heavy atom. The third kappa shape index (κ3) is 4.82. The molecule has 0 spiro atoms. The molecule has 224 valence electrons. The van der Waals surface area contributed by atoms with Gasteiger partial charge < -0.3 is 15.2 Å². The molecule has 5 aromatic carbocycles. The number of nitrogens with zero attached hydrogens (tertiary/aromatic N) is 3. The Morgan fingerprint density at radius 3 is 2.26 bits per heavy atom. The number of pyridine rings is 1. The number of dihydropyridines is 1. The van der Waals surface area contributed by atoms with Crippen molar-refractivity contribution in [2.24, 2.45) is 0 Å². The summed E-state index contributed by atoms with van der Waals surface area (Å²) in [5.41, 5.74) is 13.1. The molecule has 2 aliphatic heterocycles. The van der Waals surface area contributed by atoms with Crippen LogP contribution in [0.2, 0.25) is 0 Å². The number of nitrogens with one attached hydrogen (secondary N) is 1. The summed E-state index contributed by atoms with van der Waals surface area (Å²) >= 11 is 0. The van der Waals surface area contributed by atoms with Crippen LogP contribution in [0.3, 0.4) is 0 Å². The van der Waals surface area contributed by atoms with Crippen molar-refractivity contribution in [1.29, 1.82) is 0 Å². The summed E-state index contributed by atoms with van der Waals surface area (Å²) in [6.07, 6.45) is 14.4. The van der Waals surface area contributed by atoms with Crippen LogP contribution in [0.5, 0.6) is 0 Å². The molecule has 0 radical (unpaired) electrons. The SMILES string of the molecule is C1=CC(C2=C[N-]CC(c3ccc4c5ccc6cc(-c7ccc(-c8cccnc8)cc7)ccc6c5n(-c5ccccc5)c4c3)=C2)=CCN1. The Kier molecular flexibility index (Phi) is 6.57. The summed E-state index contributed by atoms with van der Waals surface area (Å²) < 4.78 is 2.44. The van der Waals surface area contributed by atoms with E-state index in [-0.39, 0.29) is 0 Å². The van der Waals surface area contributed by atoms with E-state index in [1.165, 1.54) is 66.0 Å². The molecule has 4 heteroatoms. The molecule has 0 fully saturated rings. The van der Waals surface area contributed by atoms with Crippen molar-refractivity contribution < 1.29 is 0 Å². The van der Waals surface area contributed by atoms with Gasteiger partial charge >= 0.3 is 0 Å². The second-order valence-corrected chi connectivity index (χ2v) is 12.1. The van der Waals surface area contributed by atoms with Gasteiger partial charge in [-0.25, -0.2) is 0 Å². The van der Waals surface area contributed by atoms with Crippen LogP contribution in [0.1, 0.15) is 5.56 Å². The number of hydrogen-bond donors (Lipinski definition) is 1. The molecular weight excluding hydrogens is 573 g/mol. The van der Waals surface area contributed by atoms with Gasteiger partial charge in [0.25, 0.3) is 0 Å². The molecular formula is C43H31N4-. The number of aromatic nitrogens is 2. The van der Waals surface area contributed by atoms with E-state index in [0.29, 0.717) is 6.54 Å². The van der Waals surface area contributed by atoms with Crippen LogP contribution in [0.15, 0.2) is 169 Å². The van der Waals surface area contributed by atoms with Gasteiger partial charge in [-0.2, -0.15) is 6.20 Å². The number of para-hydroxylation sites is 1. The Labute approximate surface area is 273 Å². The molecule has 47 heavy (non-hydrogen) atoms. The first kappa shape index (κ1) is 27.2. The van der Waals surface area contributed by atoms with Crippen LogP contribution < -0.4 is 5.32 Å². The molecule has 0 aliphatic carbocycles. The van der Waals surface area contributed by atoms with Gasteiger partial charge in [0.2, 0.25) is 0 Å². The maximum absolute atomic E-state index is 4.75. The Hall–Kier alpha value is -6.13. The molecule has 0 amide bonds. The average molecular weight is 604 g/mol. The molecule has 2 aliphatic rings. The zero-order valence-corrected chi connectivity index (χ0v) is 25.8. The fourth-order valence-electron chi connectivity index (χ4n) is 6.96. The van der Waals surface area contributed by atoms with Crippen LogP contribution in [-0.2, 0) is 0 Å². The van der Waals surface area contributed by atoms with Gasteiger partial charge in [-0.15, -0.1) is 6.54 Å². The quantitative estimate of drug-likeness (QED) is 0.213. The van der Waals surface area contributed by atoms with Crippen molar-refractivity contribution in [1.82, 2.24) is 14.9 Å². The van der Waals surface area contributed by atoms with Crippen LogP contribution in [-0.4, -0.2) is 22.6 Å². The molecule has 0 bridgehead atoms. The lowest BCUT2D eigenvalue weighted by atomic mass is 9.95. The van der Waals surface area contributed by atoms with Gasteiger partial charge in [-0.05, 0) is 87.0 Å². The standard InChI is InChI=1S/C43H31N4/c1-2-6-38(7-3-1)47-42-25-33(37-24-36(27-46-28-37)31-18-21-44-22-19-31)13-16-40(42)41-17-14-34-23-32(12-15-39(34)43(41)47)29-8-10-30(11-9-29)35-5-4-20-45-26-35/h1-21,23-27,44H,22,28H2/q-1. The molecule has 0 saturated carbocycles. The van der Waals surface area contributed by atoms with Crippen molar-refractivity contribution in [2.75, 3.05) is 13.1 Å². The lowest BCUT2D eigenvalue weighted by molar-refractivity contribution is 0.961. The van der Waals surface area contributed by atoms with Crippen molar-refractivity contribution in [3.05, 3.63) is 180 Å². The zero-order chi connectivity index (χ0) is 31.2. The second kappa shape index (κ2) is 11.3. The first-order valence-corrected chi connectivity index (χ1v) is 16.1. The molecule has 4 nitrogen and oxygen atoms in total. The molecule has 0 atom stereocenters. The lowest BCUT2D eigenvalue weighted by Gasteiger charge is -2.27. The monoisotopic (exact) mass is 603 g/mol. The summed E-state index contributed by atoms with van der Waals surface area (Å²) in [6, 6.07) is 41.9. The second-order valence-electron chi connectivity index (χ2n) is 12.1. The fraction of sp³-hybridized carbons (Fsp3) is 0.0465. The largest absolute Gasteiger partial charge is 0.686 e. The third-order valence-electron chi connectivity index (χ3n) is 9.32. The van der Waals surface area contributed by atoms with E-state index in [2.05, 4.69) is 142 Å². The molecule has 0 unspecified atom stereocenters. The minimum absolute atomic E-state index is 0.671. The van der Waals surface area contributed by atoms with E-state index in [4.69, 9.17) is 5.32 Å². The highest BCUT2D eigenvalue weighted by Crippen LogP contribution is 2.39. The highest BCUT2D eigenvalue weighted by atomic mass is 15.0. The number of fused-ring (bicyclic) bond motifs is 5. The minimum atomic E-state index is 0.671. The summed E-state index contributed by atoms with van der Waals surface area (Å²) in [4.78, 5) is 4.28. The molecule has 9 rings (SSSR count). The van der Waals surface area contributed by atoms with E-state index in [1.54, 1.807) is 0 Å². The first-order valence-electron chi connectivity index (χ1n) is 16.1. The zero-order valence-electron chi connectivity index (χ0n) is 25.8. The van der Waals surface area contributed by atoms with Crippen LogP contribution in [0.4, 0.5) is 0 Å². The number of allylic oxidation sites excluding steroid dienone is 4. The number of hydrogen-bond acceptors (Lipinski definition) is 2. The average Bonchev–Trinajstić information content (AvgIpc) is 3.50. The summed E-state index contributed by atoms with van der Waals surface area (Å²) in [6.45, 7) is 1.51. The van der Waals surface area contributed by atoms with Crippen molar-refractivity contribution in [2.45, 2.75) is 0 Å². The van der Waals surface area contributed by atoms with Crippen molar-refractivity contribution in [3.8, 4) is 27.9 Å². The van der Waals surface area contributed by atoms with Crippen molar-refractivity contribution in [3.63, 3.8) is 0 Å². The third-order valence-corrected chi connectivity index (χ3v) is 9.32. The highest BCUT2D eigenvalue weighted by Gasteiger charge is 2.17. The van der Waals surface area contributed by atoms with E-state index >= 15 is 0 Å². The first-order chi connectivity index (χ1) is 23.3. The van der Waals surface area contributed by atoms with Gasteiger partial charge in [0, 0.05) is 40.8 Å². The molecule has 2 aromatic heterocycles. The van der Waals surface area contributed by atoms with Crippen LogP contribution >= 0.6 is 0 Å². The van der Waals surface area contributed by atoms with E-state index < -0.39 is 0 Å². The number of benzene rings is 5. The smallest absolute Gasteiger partial charge is 0.0619 e. The Balaban J connectivity index is 1.18. The van der Waals surface area contributed by atoms with Gasteiger partial charge in [-0.1, -0.05) is 103 Å². The Morgan fingerprint density at radius 1 is 0.660 bits per heavy atom. The van der Waals surface area contributed by atoms with Gasteiger partial charge in [0.1, 0.15) is 0 Å².